The SMILES string of the molecule is CC(=O)N[C@H](C)c1sc(-c2ccc(Cl)cc2)nc1C. The number of amides is 1. The maximum absolute atomic E-state index is 11.1. The molecule has 100 valence electrons. The lowest BCUT2D eigenvalue weighted by molar-refractivity contribution is -0.119. The van der Waals surface area contributed by atoms with Crippen LogP contribution in [0, 0.1) is 6.92 Å². The lowest BCUT2D eigenvalue weighted by Crippen LogP contribution is -2.23. The summed E-state index contributed by atoms with van der Waals surface area (Å²) < 4.78 is 0. The van der Waals surface area contributed by atoms with Crippen molar-refractivity contribution >= 4 is 28.8 Å². The van der Waals surface area contributed by atoms with Gasteiger partial charge in [-0.05, 0) is 26.0 Å². The maximum Gasteiger partial charge on any atom is 0.217 e. The molecule has 19 heavy (non-hydrogen) atoms. The van der Waals surface area contributed by atoms with Crippen LogP contribution in [0.1, 0.15) is 30.5 Å². The fraction of sp³-hybridized carbons (Fsp3) is 0.286. The Morgan fingerprint density at radius 2 is 2.00 bits per heavy atom. The Balaban J connectivity index is 2.30. The van der Waals surface area contributed by atoms with Crippen molar-refractivity contribution in [1.82, 2.24) is 10.3 Å². The van der Waals surface area contributed by atoms with Crippen molar-refractivity contribution in [3.8, 4) is 10.6 Å². The number of nitrogens with zero attached hydrogens (tertiary/aromatic N) is 1. The van der Waals surface area contributed by atoms with Crippen molar-refractivity contribution in [3.63, 3.8) is 0 Å². The van der Waals surface area contributed by atoms with Gasteiger partial charge in [0.05, 0.1) is 16.6 Å². The number of hydrogen-bond donors (Lipinski definition) is 1. The second-order valence-electron chi connectivity index (χ2n) is 4.40. The first kappa shape index (κ1) is 14.0. The van der Waals surface area contributed by atoms with E-state index in [2.05, 4.69) is 10.3 Å². The van der Waals surface area contributed by atoms with E-state index >= 15 is 0 Å². The molecule has 5 heteroatoms. The van der Waals surface area contributed by atoms with Crippen LogP contribution >= 0.6 is 22.9 Å². The third-order valence-electron chi connectivity index (χ3n) is 2.74. The number of nitrogens with one attached hydrogen (secondary N) is 1. The summed E-state index contributed by atoms with van der Waals surface area (Å²) in [6, 6.07) is 7.59. The number of benzene rings is 1. The summed E-state index contributed by atoms with van der Waals surface area (Å²) in [5.74, 6) is -0.0339. The first-order valence-corrected chi connectivity index (χ1v) is 7.17. The van der Waals surface area contributed by atoms with Crippen molar-refractivity contribution < 1.29 is 4.79 Å². The Bertz CT molecular complexity index is 592. The van der Waals surface area contributed by atoms with E-state index in [1.165, 1.54) is 6.92 Å². The lowest BCUT2D eigenvalue weighted by atomic mass is 10.2. The van der Waals surface area contributed by atoms with Gasteiger partial charge in [0.15, 0.2) is 0 Å². The zero-order valence-corrected chi connectivity index (χ0v) is 12.6. The quantitative estimate of drug-likeness (QED) is 0.930. The highest BCUT2D eigenvalue weighted by Crippen LogP contribution is 2.32. The highest BCUT2D eigenvalue weighted by Gasteiger charge is 2.15. The van der Waals surface area contributed by atoms with Crippen molar-refractivity contribution in [2.75, 3.05) is 0 Å². The predicted molar refractivity (Wildman–Crippen MR) is 79.5 cm³/mol. The Morgan fingerprint density at radius 1 is 1.37 bits per heavy atom. The largest absolute Gasteiger partial charge is 0.349 e. The van der Waals surface area contributed by atoms with E-state index in [1.54, 1.807) is 11.3 Å². The monoisotopic (exact) mass is 294 g/mol. The van der Waals surface area contributed by atoms with Gasteiger partial charge in [-0.3, -0.25) is 4.79 Å². The molecule has 0 bridgehead atoms. The van der Waals surface area contributed by atoms with Gasteiger partial charge in [0.2, 0.25) is 5.91 Å². The fourth-order valence-electron chi connectivity index (χ4n) is 1.90. The van der Waals surface area contributed by atoms with Crippen molar-refractivity contribution in [1.29, 1.82) is 0 Å². The smallest absolute Gasteiger partial charge is 0.217 e. The van der Waals surface area contributed by atoms with E-state index in [0.29, 0.717) is 5.02 Å². The van der Waals surface area contributed by atoms with Crippen LogP contribution in [-0.4, -0.2) is 10.9 Å². The second kappa shape index (κ2) is 5.72. The van der Waals surface area contributed by atoms with Gasteiger partial charge in [-0.1, -0.05) is 23.7 Å². The molecule has 0 unspecified atom stereocenters. The molecule has 0 saturated carbocycles. The molecular weight excluding hydrogens is 280 g/mol. The molecule has 0 aliphatic carbocycles. The van der Waals surface area contributed by atoms with Crippen molar-refractivity contribution in [2.45, 2.75) is 26.8 Å². The Kier molecular flexibility index (Phi) is 4.22. The Morgan fingerprint density at radius 3 is 2.58 bits per heavy atom. The van der Waals surface area contributed by atoms with E-state index in [4.69, 9.17) is 11.6 Å². The molecule has 0 aliphatic heterocycles. The second-order valence-corrected chi connectivity index (χ2v) is 5.86. The molecule has 0 spiro atoms. The molecule has 1 atom stereocenters. The van der Waals surface area contributed by atoms with E-state index in [1.807, 2.05) is 38.1 Å². The van der Waals surface area contributed by atoms with E-state index in [-0.39, 0.29) is 11.9 Å². The number of aromatic nitrogens is 1. The van der Waals surface area contributed by atoms with Gasteiger partial charge in [-0.25, -0.2) is 4.98 Å². The summed E-state index contributed by atoms with van der Waals surface area (Å²) in [4.78, 5) is 16.8. The number of carbonyl (C=O) groups is 1. The van der Waals surface area contributed by atoms with Crippen LogP contribution in [0.2, 0.25) is 5.02 Å². The van der Waals surface area contributed by atoms with Crippen molar-refractivity contribution in [3.05, 3.63) is 39.9 Å². The highest BCUT2D eigenvalue weighted by molar-refractivity contribution is 7.15. The third kappa shape index (κ3) is 3.33. The Hall–Kier alpha value is -1.39. The standard InChI is InChI=1S/C14H15ClN2OS/c1-8(16-10(3)18)13-9(2)17-14(19-13)11-4-6-12(15)7-5-11/h4-8H,1-3H3,(H,16,18)/t8-/m1/s1. The minimum atomic E-state index is -0.0339. The lowest BCUT2D eigenvalue weighted by Gasteiger charge is -2.10. The van der Waals surface area contributed by atoms with E-state index < -0.39 is 0 Å². The third-order valence-corrected chi connectivity index (χ3v) is 4.38. The molecule has 2 aromatic rings. The predicted octanol–water partition coefficient (Wildman–Crippen LogP) is 3.97. The topological polar surface area (TPSA) is 42.0 Å². The first-order valence-electron chi connectivity index (χ1n) is 5.97. The number of thiazole rings is 1. The molecule has 1 aromatic carbocycles. The van der Waals surface area contributed by atoms with Crippen LogP contribution in [0.3, 0.4) is 0 Å². The number of carbonyl (C=O) groups excluding carboxylic acids is 1. The molecule has 1 heterocycles. The van der Waals surface area contributed by atoms with Crippen molar-refractivity contribution in [2.24, 2.45) is 0 Å². The zero-order valence-electron chi connectivity index (χ0n) is 11.0. The van der Waals surface area contributed by atoms with Crippen LogP contribution in [0.25, 0.3) is 10.6 Å². The summed E-state index contributed by atoms with van der Waals surface area (Å²) in [5, 5.41) is 4.54. The highest BCUT2D eigenvalue weighted by atomic mass is 35.5. The summed E-state index contributed by atoms with van der Waals surface area (Å²) in [6.07, 6.45) is 0. The molecule has 3 nitrogen and oxygen atoms in total. The molecule has 1 amide bonds. The van der Waals surface area contributed by atoms with Gasteiger partial charge in [0, 0.05) is 17.5 Å². The average molecular weight is 295 g/mol. The average Bonchev–Trinajstić information content (AvgIpc) is 2.71. The first-order chi connectivity index (χ1) is 8.97. The zero-order chi connectivity index (χ0) is 14.0. The molecule has 0 fully saturated rings. The normalized spacial score (nSPS) is 12.2. The van der Waals surface area contributed by atoms with Crippen LogP contribution in [0.5, 0.6) is 0 Å². The molecule has 1 aromatic heterocycles. The summed E-state index contributed by atoms with van der Waals surface area (Å²) in [6.45, 7) is 5.45. The van der Waals surface area contributed by atoms with Crippen LogP contribution in [0.4, 0.5) is 0 Å². The molecule has 2 rings (SSSR count). The van der Waals surface area contributed by atoms with Gasteiger partial charge in [-0.15, -0.1) is 11.3 Å². The molecular formula is C14H15ClN2OS. The summed E-state index contributed by atoms with van der Waals surface area (Å²) >= 11 is 7.48. The summed E-state index contributed by atoms with van der Waals surface area (Å²) in [7, 11) is 0. The molecule has 0 saturated heterocycles. The minimum Gasteiger partial charge on any atom is -0.349 e. The minimum absolute atomic E-state index is 0.0175. The maximum atomic E-state index is 11.1. The Labute approximate surface area is 121 Å². The van der Waals surface area contributed by atoms with Crippen LogP contribution in [-0.2, 0) is 4.79 Å². The van der Waals surface area contributed by atoms with Gasteiger partial charge >= 0.3 is 0 Å². The van der Waals surface area contributed by atoms with Gasteiger partial charge in [-0.2, -0.15) is 0 Å². The number of halogens is 1. The number of aryl methyl sites for hydroxylation is 1. The number of hydrogen-bond acceptors (Lipinski definition) is 3. The molecule has 0 radical (unpaired) electrons. The molecule has 1 N–H and O–H groups in total. The van der Waals surface area contributed by atoms with E-state index in [9.17, 15) is 4.79 Å². The van der Waals surface area contributed by atoms with Gasteiger partial charge in [0.1, 0.15) is 5.01 Å². The van der Waals surface area contributed by atoms with Crippen LogP contribution in [0.15, 0.2) is 24.3 Å². The number of rotatable bonds is 3. The van der Waals surface area contributed by atoms with Gasteiger partial charge in [0.25, 0.3) is 0 Å². The molecule has 0 aliphatic rings. The van der Waals surface area contributed by atoms with Gasteiger partial charge < -0.3 is 5.32 Å². The summed E-state index contributed by atoms with van der Waals surface area (Å²) in [5.41, 5.74) is 2.00. The van der Waals surface area contributed by atoms with E-state index in [0.717, 1.165) is 21.1 Å². The van der Waals surface area contributed by atoms with Crippen LogP contribution < -0.4 is 5.32 Å². The fourth-order valence-corrected chi connectivity index (χ4v) is 3.10.